The van der Waals surface area contributed by atoms with Crippen molar-refractivity contribution in [1.82, 2.24) is 14.7 Å². The van der Waals surface area contributed by atoms with Crippen LogP contribution in [0, 0.1) is 0 Å². The number of hydrogen-bond acceptors (Lipinski definition) is 3. The predicted molar refractivity (Wildman–Crippen MR) is 109 cm³/mol. The topological polar surface area (TPSA) is 48.1 Å². The zero-order chi connectivity index (χ0) is 18.0. The van der Waals surface area contributed by atoms with Crippen molar-refractivity contribution >= 4 is 5.96 Å². The lowest BCUT2D eigenvalue weighted by Crippen LogP contribution is -2.46. The summed E-state index contributed by atoms with van der Waals surface area (Å²) in [6, 6.07) is 10.8. The van der Waals surface area contributed by atoms with Crippen molar-refractivity contribution in [3.8, 4) is 0 Å². The van der Waals surface area contributed by atoms with E-state index in [1.165, 1.54) is 31.2 Å². The Bertz CT molecular complexity index is 529. The minimum Gasteiger partial charge on any atom is -0.370 e. The highest BCUT2D eigenvalue weighted by atomic mass is 15.3. The lowest BCUT2D eigenvalue weighted by Gasteiger charge is -2.34. The van der Waals surface area contributed by atoms with E-state index in [4.69, 9.17) is 5.73 Å². The second-order valence-corrected chi connectivity index (χ2v) is 7.60. The number of hydrogen-bond donors (Lipinski definition) is 1. The second kappa shape index (κ2) is 10.5. The van der Waals surface area contributed by atoms with Crippen LogP contribution in [-0.4, -0.2) is 73.0 Å². The fourth-order valence-electron chi connectivity index (χ4n) is 3.90. The summed E-state index contributed by atoms with van der Waals surface area (Å²) in [7, 11) is 0. The molecule has 2 saturated heterocycles. The molecule has 1 aromatic carbocycles. The molecule has 5 heteroatoms. The van der Waals surface area contributed by atoms with Gasteiger partial charge in [0.1, 0.15) is 0 Å². The molecule has 2 fully saturated rings. The standard InChI is InChI=1S/C21H35N5/c22-21(26-13-6-1-2-7-14-26)23-11-8-12-24-15-17-25(18-16-24)19-20-9-4-3-5-10-20/h3-5,9-10H,1-2,6-8,11-19H2,(H2,22,23). The summed E-state index contributed by atoms with van der Waals surface area (Å²) >= 11 is 0. The van der Waals surface area contributed by atoms with Crippen molar-refractivity contribution in [1.29, 1.82) is 0 Å². The number of benzene rings is 1. The molecule has 0 unspecified atom stereocenters. The first kappa shape index (κ1) is 19.2. The summed E-state index contributed by atoms with van der Waals surface area (Å²) in [4.78, 5) is 12.0. The summed E-state index contributed by atoms with van der Waals surface area (Å²) in [5.41, 5.74) is 7.60. The zero-order valence-corrected chi connectivity index (χ0v) is 16.2. The average Bonchev–Trinajstić information content (AvgIpc) is 2.97. The minimum atomic E-state index is 0.764. The third kappa shape index (κ3) is 6.29. The molecule has 2 heterocycles. The monoisotopic (exact) mass is 357 g/mol. The van der Waals surface area contributed by atoms with Gasteiger partial charge < -0.3 is 15.5 Å². The van der Waals surface area contributed by atoms with E-state index in [9.17, 15) is 0 Å². The first-order valence-electron chi connectivity index (χ1n) is 10.3. The Labute approximate surface area is 158 Å². The second-order valence-electron chi connectivity index (χ2n) is 7.60. The highest BCUT2D eigenvalue weighted by Gasteiger charge is 2.16. The Balaban J connectivity index is 1.30. The van der Waals surface area contributed by atoms with Gasteiger partial charge in [0, 0.05) is 58.9 Å². The smallest absolute Gasteiger partial charge is 0.191 e. The Morgan fingerprint density at radius 1 is 0.846 bits per heavy atom. The molecule has 0 bridgehead atoms. The molecule has 2 aliphatic rings. The Morgan fingerprint density at radius 3 is 2.19 bits per heavy atom. The van der Waals surface area contributed by atoms with Crippen molar-refractivity contribution in [2.75, 3.05) is 52.4 Å². The minimum absolute atomic E-state index is 0.764. The predicted octanol–water partition coefficient (Wildman–Crippen LogP) is 2.39. The molecule has 0 amide bonds. The average molecular weight is 358 g/mol. The Morgan fingerprint density at radius 2 is 1.50 bits per heavy atom. The highest BCUT2D eigenvalue weighted by molar-refractivity contribution is 5.78. The lowest BCUT2D eigenvalue weighted by atomic mass is 10.2. The highest BCUT2D eigenvalue weighted by Crippen LogP contribution is 2.10. The molecule has 3 rings (SSSR count). The number of nitrogens with zero attached hydrogens (tertiary/aromatic N) is 4. The van der Waals surface area contributed by atoms with Crippen LogP contribution < -0.4 is 5.73 Å². The van der Waals surface area contributed by atoms with Crippen molar-refractivity contribution in [2.24, 2.45) is 10.7 Å². The van der Waals surface area contributed by atoms with Crippen molar-refractivity contribution in [3.05, 3.63) is 35.9 Å². The van der Waals surface area contributed by atoms with Gasteiger partial charge in [0.15, 0.2) is 5.96 Å². The number of nitrogens with two attached hydrogens (primary N) is 1. The van der Waals surface area contributed by atoms with E-state index in [1.807, 2.05) is 0 Å². The lowest BCUT2D eigenvalue weighted by molar-refractivity contribution is 0.127. The van der Waals surface area contributed by atoms with Gasteiger partial charge in [0.25, 0.3) is 0 Å². The van der Waals surface area contributed by atoms with Crippen LogP contribution in [-0.2, 0) is 6.54 Å². The first-order chi connectivity index (χ1) is 12.8. The SMILES string of the molecule is NC(=NCCCN1CCN(Cc2ccccc2)CC1)N1CCCCCC1. The Hall–Kier alpha value is -1.59. The van der Waals surface area contributed by atoms with Crippen LogP contribution in [0.15, 0.2) is 35.3 Å². The zero-order valence-electron chi connectivity index (χ0n) is 16.2. The molecule has 26 heavy (non-hydrogen) atoms. The van der Waals surface area contributed by atoms with Gasteiger partial charge >= 0.3 is 0 Å². The summed E-state index contributed by atoms with van der Waals surface area (Å²) in [5.74, 6) is 0.764. The molecule has 0 spiro atoms. The van der Waals surface area contributed by atoms with Gasteiger partial charge in [0.2, 0.25) is 0 Å². The molecule has 5 nitrogen and oxygen atoms in total. The first-order valence-corrected chi connectivity index (χ1v) is 10.3. The molecule has 1 aromatic rings. The molecule has 0 saturated carbocycles. The number of likely N-dealkylation sites (tertiary alicyclic amines) is 1. The fraction of sp³-hybridized carbons (Fsp3) is 0.667. The number of piperazine rings is 1. The van der Waals surface area contributed by atoms with Crippen LogP contribution in [0.5, 0.6) is 0 Å². The fourth-order valence-corrected chi connectivity index (χ4v) is 3.90. The molecular weight excluding hydrogens is 322 g/mol. The quantitative estimate of drug-likeness (QED) is 0.482. The molecule has 0 radical (unpaired) electrons. The maximum atomic E-state index is 6.18. The number of rotatable bonds is 6. The Kier molecular flexibility index (Phi) is 7.77. The van der Waals surface area contributed by atoms with E-state index < -0.39 is 0 Å². The van der Waals surface area contributed by atoms with Gasteiger partial charge in [-0.05, 0) is 24.8 Å². The van der Waals surface area contributed by atoms with E-state index in [1.54, 1.807) is 0 Å². The largest absolute Gasteiger partial charge is 0.370 e. The van der Waals surface area contributed by atoms with Gasteiger partial charge in [-0.2, -0.15) is 0 Å². The van der Waals surface area contributed by atoms with E-state index in [-0.39, 0.29) is 0 Å². The molecular formula is C21H35N5. The van der Waals surface area contributed by atoms with E-state index in [0.717, 1.165) is 71.3 Å². The summed E-state index contributed by atoms with van der Waals surface area (Å²) in [6.07, 6.45) is 6.28. The summed E-state index contributed by atoms with van der Waals surface area (Å²) in [5, 5.41) is 0. The summed E-state index contributed by atoms with van der Waals surface area (Å²) < 4.78 is 0. The van der Waals surface area contributed by atoms with Crippen LogP contribution in [0.2, 0.25) is 0 Å². The molecule has 2 aliphatic heterocycles. The third-order valence-electron chi connectivity index (χ3n) is 5.55. The molecule has 0 aromatic heterocycles. The van der Waals surface area contributed by atoms with Gasteiger partial charge in [-0.25, -0.2) is 0 Å². The van der Waals surface area contributed by atoms with Gasteiger partial charge in [-0.1, -0.05) is 43.2 Å². The third-order valence-corrected chi connectivity index (χ3v) is 5.55. The number of aliphatic imine (C=N–C) groups is 1. The van der Waals surface area contributed by atoms with Crippen LogP contribution in [0.4, 0.5) is 0 Å². The maximum absolute atomic E-state index is 6.18. The van der Waals surface area contributed by atoms with E-state index in [2.05, 4.69) is 50.0 Å². The van der Waals surface area contributed by atoms with Crippen LogP contribution >= 0.6 is 0 Å². The van der Waals surface area contributed by atoms with Gasteiger partial charge in [-0.15, -0.1) is 0 Å². The van der Waals surface area contributed by atoms with Gasteiger partial charge in [-0.3, -0.25) is 9.89 Å². The van der Waals surface area contributed by atoms with Crippen LogP contribution in [0.1, 0.15) is 37.7 Å². The van der Waals surface area contributed by atoms with Crippen LogP contribution in [0.3, 0.4) is 0 Å². The normalized spacial score (nSPS) is 20.9. The molecule has 2 N–H and O–H groups in total. The van der Waals surface area contributed by atoms with Crippen LogP contribution in [0.25, 0.3) is 0 Å². The molecule has 0 aliphatic carbocycles. The van der Waals surface area contributed by atoms with E-state index in [0.29, 0.717) is 0 Å². The molecule has 0 atom stereocenters. The molecule has 144 valence electrons. The number of guanidine groups is 1. The van der Waals surface area contributed by atoms with Crippen molar-refractivity contribution in [2.45, 2.75) is 38.6 Å². The summed E-state index contributed by atoms with van der Waals surface area (Å²) in [6.45, 7) is 9.88. The van der Waals surface area contributed by atoms with Crippen molar-refractivity contribution < 1.29 is 0 Å². The van der Waals surface area contributed by atoms with E-state index >= 15 is 0 Å². The van der Waals surface area contributed by atoms with Crippen molar-refractivity contribution in [3.63, 3.8) is 0 Å². The maximum Gasteiger partial charge on any atom is 0.191 e. The van der Waals surface area contributed by atoms with Gasteiger partial charge in [0.05, 0.1) is 0 Å².